The van der Waals surface area contributed by atoms with E-state index in [9.17, 15) is 8.78 Å². The van der Waals surface area contributed by atoms with Gasteiger partial charge in [0, 0.05) is 24.9 Å². The number of nitrogens with zero attached hydrogens (tertiary/aromatic N) is 3. The van der Waals surface area contributed by atoms with Gasteiger partial charge in [-0.25, -0.2) is 8.78 Å². The van der Waals surface area contributed by atoms with Gasteiger partial charge in [0.15, 0.2) is 0 Å². The molecule has 1 saturated heterocycles. The molecule has 0 aliphatic carbocycles. The predicted octanol–water partition coefficient (Wildman–Crippen LogP) is 6.71. The van der Waals surface area contributed by atoms with Gasteiger partial charge in [-0.2, -0.15) is 0 Å². The van der Waals surface area contributed by atoms with E-state index < -0.39 is 5.92 Å². The first-order valence-corrected chi connectivity index (χ1v) is 14.5. The molecule has 0 spiro atoms. The number of aliphatic imine (C=N–C) groups is 1. The number of hydrogen-bond acceptors (Lipinski definition) is 5. The highest BCUT2D eigenvalue weighted by molar-refractivity contribution is 5.89. The van der Waals surface area contributed by atoms with Crippen LogP contribution in [0, 0.1) is 0 Å². The standard InChI is InChI=1S/C33H45F2N5/c1-7-17-39(5)21-30(23(3)8-2)36-19-24(4)25-9-11-26(12-10-25)27-13-15-28(16-14-27)29-20-37-32(38-29)31-18-33(34,35)22-40(31)6/h9-16,19,29,31,36H,7-8,17-18,20-22H2,1-6H3,(H,37,38)/b24-19+,30-23+. The molecule has 5 nitrogen and oxygen atoms in total. The molecule has 2 atom stereocenters. The Morgan fingerprint density at radius 1 is 1.10 bits per heavy atom. The van der Waals surface area contributed by atoms with Crippen LogP contribution >= 0.6 is 0 Å². The molecule has 7 heteroatoms. The number of likely N-dealkylation sites (N-methyl/N-ethyl adjacent to an activating group) is 2. The second-order valence-electron chi connectivity index (χ2n) is 11.4. The topological polar surface area (TPSA) is 42.9 Å². The molecule has 0 bridgehead atoms. The van der Waals surface area contributed by atoms with Crippen molar-refractivity contribution in [3.63, 3.8) is 0 Å². The predicted molar refractivity (Wildman–Crippen MR) is 164 cm³/mol. The summed E-state index contributed by atoms with van der Waals surface area (Å²) in [5.74, 6) is -1.97. The minimum atomic E-state index is -2.65. The lowest BCUT2D eigenvalue weighted by Gasteiger charge is -2.20. The van der Waals surface area contributed by atoms with E-state index in [0.717, 1.165) is 42.6 Å². The highest BCUT2D eigenvalue weighted by Crippen LogP contribution is 2.33. The molecule has 216 valence electrons. The van der Waals surface area contributed by atoms with Crippen LogP contribution < -0.4 is 10.6 Å². The second-order valence-corrected chi connectivity index (χ2v) is 11.4. The molecule has 2 unspecified atom stereocenters. The van der Waals surface area contributed by atoms with Gasteiger partial charge in [0.2, 0.25) is 0 Å². The Morgan fingerprint density at radius 3 is 2.33 bits per heavy atom. The third-order valence-corrected chi connectivity index (χ3v) is 8.12. The molecule has 0 saturated carbocycles. The van der Waals surface area contributed by atoms with Gasteiger partial charge in [-0.05, 0) is 75.2 Å². The van der Waals surface area contributed by atoms with Gasteiger partial charge in [0.05, 0.1) is 25.2 Å². The zero-order valence-electron chi connectivity index (χ0n) is 24.9. The number of nitrogens with one attached hydrogen (secondary N) is 2. The average Bonchev–Trinajstić information content (AvgIpc) is 3.54. The Balaban J connectivity index is 1.37. The van der Waals surface area contributed by atoms with E-state index in [1.807, 2.05) is 0 Å². The van der Waals surface area contributed by atoms with Crippen LogP contribution in [0.2, 0.25) is 0 Å². The minimum Gasteiger partial charge on any atom is -0.364 e. The largest absolute Gasteiger partial charge is 0.364 e. The fourth-order valence-electron chi connectivity index (χ4n) is 5.49. The van der Waals surface area contributed by atoms with Gasteiger partial charge in [0.1, 0.15) is 5.84 Å². The second kappa shape index (κ2) is 13.1. The Morgan fingerprint density at radius 2 is 1.75 bits per heavy atom. The molecule has 2 aliphatic rings. The number of amidine groups is 1. The summed E-state index contributed by atoms with van der Waals surface area (Å²) in [6, 6.07) is 16.8. The molecule has 1 fully saturated rings. The van der Waals surface area contributed by atoms with Crippen molar-refractivity contribution < 1.29 is 8.78 Å². The lowest BCUT2D eigenvalue weighted by molar-refractivity contribution is 0.0143. The summed E-state index contributed by atoms with van der Waals surface area (Å²) >= 11 is 0. The zero-order chi connectivity index (χ0) is 28.9. The van der Waals surface area contributed by atoms with Crippen LogP contribution in [0.4, 0.5) is 8.78 Å². The lowest BCUT2D eigenvalue weighted by atomic mass is 9.99. The molecule has 2 aromatic rings. The van der Waals surface area contributed by atoms with Crippen LogP contribution in [0.1, 0.15) is 64.1 Å². The van der Waals surface area contributed by atoms with Crippen molar-refractivity contribution in [1.82, 2.24) is 20.4 Å². The first kappa shape index (κ1) is 29.9. The van der Waals surface area contributed by atoms with Gasteiger partial charge in [0.25, 0.3) is 5.92 Å². The van der Waals surface area contributed by atoms with E-state index in [2.05, 4.69) is 110 Å². The van der Waals surface area contributed by atoms with Crippen LogP contribution in [0.5, 0.6) is 0 Å². The Bertz CT molecular complexity index is 1230. The average molecular weight is 550 g/mol. The van der Waals surface area contributed by atoms with Gasteiger partial charge < -0.3 is 15.5 Å². The maximum absolute atomic E-state index is 13.8. The molecule has 2 heterocycles. The molecule has 2 aliphatic heterocycles. The molecule has 40 heavy (non-hydrogen) atoms. The van der Waals surface area contributed by atoms with Gasteiger partial charge in [-0.1, -0.05) is 68.0 Å². The Kier molecular flexibility index (Phi) is 9.80. The summed E-state index contributed by atoms with van der Waals surface area (Å²) in [5, 5.41) is 6.99. The molecule has 2 N–H and O–H groups in total. The van der Waals surface area contributed by atoms with E-state index in [1.165, 1.54) is 22.4 Å². The number of hydrogen-bond donors (Lipinski definition) is 2. The van der Waals surface area contributed by atoms with Crippen molar-refractivity contribution in [3.8, 4) is 11.1 Å². The van der Waals surface area contributed by atoms with Gasteiger partial charge >= 0.3 is 0 Å². The summed E-state index contributed by atoms with van der Waals surface area (Å²) in [4.78, 5) is 8.63. The van der Waals surface area contributed by atoms with Crippen LogP contribution in [-0.4, -0.2) is 67.9 Å². The van der Waals surface area contributed by atoms with Crippen LogP contribution in [0.3, 0.4) is 0 Å². The van der Waals surface area contributed by atoms with Gasteiger partial charge in [-0.3, -0.25) is 9.89 Å². The van der Waals surface area contributed by atoms with Gasteiger partial charge in [-0.15, -0.1) is 0 Å². The summed E-state index contributed by atoms with van der Waals surface area (Å²) in [6.07, 6.45) is 4.12. The zero-order valence-corrected chi connectivity index (χ0v) is 24.9. The van der Waals surface area contributed by atoms with E-state index in [-0.39, 0.29) is 25.0 Å². The van der Waals surface area contributed by atoms with Crippen molar-refractivity contribution in [2.75, 3.05) is 40.3 Å². The quantitative estimate of drug-likeness (QED) is 0.327. The third-order valence-electron chi connectivity index (χ3n) is 8.12. The van der Waals surface area contributed by atoms with E-state index in [1.54, 1.807) is 11.9 Å². The SMILES string of the molecule is CCCN(C)C/C(N/C=C(\C)c1ccc(-c2ccc(C3CN=C(C4CC(F)(F)CN4C)N3)cc2)cc1)=C(/C)CC. The van der Waals surface area contributed by atoms with Crippen LogP contribution in [-0.2, 0) is 0 Å². The molecular formula is C33H45F2N5. The number of allylic oxidation sites excluding steroid dienone is 2. The highest BCUT2D eigenvalue weighted by atomic mass is 19.3. The smallest absolute Gasteiger partial charge is 0.262 e. The third kappa shape index (κ3) is 7.38. The normalized spacial score (nSPS) is 21.8. The fraction of sp³-hybridized carbons (Fsp3) is 0.485. The summed E-state index contributed by atoms with van der Waals surface area (Å²) in [7, 11) is 3.91. The molecule has 0 aromatic heterocycles. The lowest BCUT2D eigenvalue weighted by Crippen LogP contribution is -2.40. The number of rotatable bonds is 11. The van der Waals surface area contributed by atoms with Crippen molar-refractivity contribution in [1.29, 1.82) is 0 Å². The van der Waals surface area contributed by atoms with Crippen molar-refractivity contribution >= 4 is 11.4 Å². The molecule has 2 aromatic carbocycles. The Labute approximate surface area is 239 Å². The minimum absolute atomic E-state index is 0.0198. The summed E-state index contributed by atoms with van der Waals surface area (Å²) in [5.41, 5.74) is 8.46. The van der Waals surface area contributed by atoms with E-state index >= 15 is 0 Å². The number of likely N-dealkylation sites (tertiary alicyclic amines) is 1. The maximum Gasteiger partial charge on any atom is 0.262 e. The van der Waals surface area contributed by atoms with Crippen LogP contribution in [0.25, 0.3) is 16.7 Å². The van der Waals surface area contributed by atoms with Crippen molar-refractivity contribution in [2.24, 2.45) is 4.99 Å². The number of halogens is 2. The first-order valence-electron chi connectivity index (χ1n) is 14.5. The Hall–Kier alpha value is -3.03. The van der Waals surface area contributed by atoms with E-state index in [4.69, 9.17) is 0 Å². The molecule has 0 amide bonds. The molecule has 0 radical (unpaired) electrons. The monoisotopic (exact) mass is 549 g/mol. The van der Waals surface area contributed by atoms with Crippen LogP contribution in [0.15, 0.2) is 71.0 Å². The molecule has 4 rings (SSSR count). The fourth-order valence-corrected chi connectivity index (χ4v) is 5.49. The maximum atomic E-state index is 13.8. The van der Waals surface area contributed by atoms with Crippen molar-refractivity contribution in [3.05, 3.63) is 77.1 Å². The highest BCUT2D eigenvalue weighted by Gasteiger charge is 2.46. The number of alkyl halides is 2. The van der Waals surface area contributed by atoms with E-state index in [0.29, 0.717) is 12.4 Å². The van der Waals surface area contributed by atoms with Crippen molar-refractivity contribution in [2.45, 2.75) is 65.0 Å². The first-order chi connectivity index (χ1) is 19.1. The summed E-state index contributed by atoms with van der Waals surface area (Å²) < 4.78 is 27.7. The summed E-state index contributed by atoms with van der Waals surface area (Å²) in [6.45, 7) is 11.1. The number of benzene rings is 2. The molecular weight excluding hydrogens is 504 g/mol.